The van der Waals surface area contributed by atoms with Crippen molar-refractivity contribution in [1.29, 1.82) is 0 Å². The zero-order valence-electron chi connectivity index (χ0n) is 7.23. The van der Waals surface area contributed by atoms with Crippen molar-refractivity contribution in [2.75, 3.05) is 6.67 Å². The van der Waals surface area contributed by atoms with E-state index in [1.165, 1.54) is 0 Å². The van der Waals surface area contributed by atoms with Gasteiger partial charge in [0.05, 0.1) is 6.67 Å². The molecule has 3 heteroatoms. The second-order valence-corrected chi connectivity index (χ2v) is 2.75. The third-order valence-corrected chi connectivity index (χ3v) is 0.892. The van der Waals surface area contributed by atoms with Gasteiger partial charge in [0.15, 0.2) is 0 Å². The van der Waals surface area contributed by atoms with Crippen molar-refractivity contribution in [3.63, 3.8) is 0 Å². The Balaban J connectivity index is 3.13. The van der Waals surface area contributed by atoms with E-state index in [4.69, 9.17) is 0 Å². The average molecular weight is 143 g/mol. The second kappa shape index (κ2) is 5.23. The van der Waals surface area contributed by atoms with Gasteiger partial charge >= 0.3 is 0 Å². The van der Waals surface area contributed by atoms with E-state index < -0.39 is 0 Å². The van der Waals surface area contributed by atoms with E-state index in [2.05, 4.69) is 29.7 Å². The summed E-state index contributed by atoms with van der Waals surface area (Å²) in [7, 11) is 0. The number of rotatable bonds is 4. The van der Waals surface area contributed by atoms with Crippen LogP contribution in [0.15, 0.2) is 5.10 Å². The minimum Gasteiger partial charge on any atom is -0.297 e. The van der Waals surface area contributed by atoms with Crippen LogP contribution in [-0.2, 0) is 0 Å². The first kappa shape index (κ1) is 9.43. The van der Waals surface area contributed by atoms with Gasteiger partial charge in [0.25, 0.3) is 0 Å². The van der Waals surface area contributed by atoms with Crippen molar-refractivity contribution >= 4 is 5.71 Å². The van der Waals surface area contributed by atoms with Gasteiger partial charge in [0.1, 0.15) is 0 Å². The van der Waals surface area contributed by atoms with Gasteiger partial charge in [0.2, 0.25) is 0 Å². The van der Waals surface area contributed by atoms with Crippen molar-refractivity contribution in [3.8, 4) is 0 Å². The summed E-state index contributed by atoms with van der Waals surface area (Å²) >= 11 is 0. The topological polar surface area (TPSA) is 36.4 Å². The van der Waals surface area contributed by atoms with Gasteiger partial charge in [0, 0.05) is 11.8 Å². The Morgan fingerprint density at radius 1 is 1.40 bits per heavy atom. The molecule has 0 saturated carbocycles. The molecule has 0 amide bonds. The van der Waals surface area contributed by atoms with Gasteiger partial charge in [-0.1, -0.05) is 0 Å². The van der Waals surface area contributed by atoms with Crippen molar-refractivity contribution in [3.05, 3.63) is 0 Å². The van der Waals surface area contributed by atoms with E-state index in [1.54, 1.807) is 0 Å². The Hall–Kier alpha value is -0.570. The maximum atomic E-state index is 4.00. The molecule has 0 atom stereocenters. The predicted octanol–water partition coefficient (Wildman–Crippen LogP) is 0.927. The maximum Gasteiger partial charge on any atom is 0.0825 e. The van der Waals surface area contributed by atoms with Crippen LogP contribution in [0.5, 0.6) is 0 Å². The summed E-state index contributed by atoms with van der Waals surface area (Å²) in [6.07, 6.45) is 0. The van der Waals surface area contributed by atoms with Crippen molar-refractivity contribution in [2.24, 2.45) is 5.10 Å². The molecule has 0 fully saturated rings. The van der Waals surface area contributed by atoms with Crippen molar-refractivity contribution in [2.45, 2.75) is 33.7 Å². The molecule has 0 aliphatic carbocycles. The maximum absolute atomic E-state index is 4.00. The summed E-state index contributed by atoms with van der Waals surface area (Å²) in [6.45, 7) is 8.86. The lowest BCUT2D eigenvalue weighted by atomic mass is 10.4. The zero-order valence-corrected chi connectivity index (χ0v) is 7.23. The number of nitrogens with zero attached hydrogens (tertiary/aromatic N) is 1. The molecule has 0 aliphatic rings. The molecule has 0 aliphatic heterocycles. The summed E-state index contributed by atoms with van der Waals surface area (Å²) in [5, 5.41) is 7.18. The highest BCUT2D eigenvalue weighted by Gasteiger charge is 1.87. The van der Waals surface area contributed by atoms with Crippen LogP contribution in [0, 0.1) is 0 Å². The summed E-state index contributed by atoms with van der Waals surface area (Å²) in [5.41, 5.74) is 3.94. The van der Waals surface area contributed by atoms with Gasteiger partial charge in [-0.15, -0.1) is 0 Å². The first-order valence-electron chi connectivity index (χ1n) is 3.60. The minimum atomic E-state index is 0.514. The van der Waals surface area contributed by atoms with Crippen LogP contribution >= 0.6 is 0 Å². The van der Waals surface area contributed by atoms with E-state index in [1.807, 2.05) is 13.8 Å². The molecule has 0 unspecified atom stereocenters. The molecular formula is C7H17N3. The van der Waals surface area contributed by atoms with E-state index in [9.17, 15) is 0 Å². The Morgan fingerprint density at radius 2 is 2.00 bits per heavy atom. The second-order valence-electron chi connectivity index (χ2n) is 2.75. The fourth-order valence-electron chi connectivity index (χ4n) is 0.447. The van der Waals surface area contributed by atoms with Crippen molar-refractivity contribution < 1.29 is 0 Å². The third-order valence-electron chi connectivity index (χ3n) is 0.892. The summed E-state index contributed by atoms with van der Waals surface area (Å²) in [6, 6.07) is 0.514. The molecule has 0 aromatic carbocycles. The quantitative estimate of drug-likeness (QED) is 0.266. The highest BCUT2D eigenvalue weighted by molar-refractivity contribution is 5.78. The van der Waals surface area contributed by atoms with Gasteiger partial charge < -0.3 is 0 Å². The van der Waals surface area contributed by atoms with Crippen LogP contribution in [-0.4, -0.2) is 18.4 Å². The molecule has 0 aromatic heterocycles. The van der Waals surface area contributed by atoms with Crippen LogP contribution in [0.1, 0.15) is 27.7 Å². The van der Waals surface area contributed by atoms with E-state index in [0.717, 1.165) is 12.4 Å². The molecule has 60 valence electrons. The van der Waals surface area contributed by atoms with E-state index in [-0.39, 0.29) is 0 Å². The number of hydrogen-bond acceptors (Lipinski definition) is 3. The average Bonchev–Trinajstić information content (AvgIpc) is 1.79. The Morgan fingerprint density at radius 3 is 2.40 bits per heavy atom. The van der Waals surface area contributed by atoms with Gasteiger partial charge in [-0.25, -0.2) is 0 Å². The predicted molar refractivity (Wildman–Crippen MR) is 45.1 cm³/mol. The molecule has 0 radical (unpaired) electrons. The number of hydrogen-bond donors (Lipinski definition) is 2. The standard InChI is InChI=1S/C7H17N3/c1-6(2)8-5-9-10-7(3)4/h6,8-9H,5H2,1-4H3. The molecule has 10 heavy (non-hydrogen) atoms. The van der Waals surface area contributed by atoms with Gasteiger partial charge in [-0.3, -0.25) is 10.7 Å². The lowest BCUT2D eigenvalue weighted by Crippen LogP contribution is -2.31. The van der Waals surface area contributed by atoms with Crippen LogP contribution in [0.25, 0.3) is 0 Å². The first-order valence-corrected chi connectivity index (χ1v) is 3.60. The fourth-order valence-corrected chi connectivity index (χ4v) is 0.447. The third kappa shape index (κ3) is 7.43. The minimum absolute atomic E-state index is 0.514. The lowest BCUT2D eigenvalue weighted by molar-refractivity contribution is 0.539. The number of nitrogens with one attached hydrogen (secondary N) is 2. The van der Waals surface area contributed by atoms with E-state index in [0.29, 0.717) is 6.04 Å². The molecule has 0 spiro atoms. The highest BCUT2D eigenvalue weighted by Crippen LogP contribution is 1.72. The summed E-state index contributed by atoms with van der Waals surface area (Å²) in [4.78, 5) is 0. The van der Waals surface area contributed by atoms with Crippen molar-refractivity contribution in [1.82, 2.24) is 10.7 Å². The Kier molecular flexibility index (Phi) is 4.94. The van der Waals surface area contributed by atoms with E-state index >= 15 is 0 Å². The number of hydrazone groups is 1. The zero-order chi connectivity index (χ0) is 7.98. The normalized spacial score (nSPS) is 9.70. The van der Waals surface area contributed by atoms with Crippen LogP contribution < -0.4 is 10.7 Å². The van der Waals surface area contributed by atoms with Crippen LogP contribution in [0.3, 0.4) is 0 Å². The fraction of sp³-hybridized carbons (Fsp3) is 0.857. The molecular weight excluding hydrogens is 126 g/mol. The molecule has 0 bridgehead atoms. The monoisotopic (exact) mass is 143 g/mol. The highest BCUT2D eigenvalue weighted by atomic mass is 15.3. The summed E-state index contributed by atoms with van der Waals surface area (Å²) in [5.74, 6) is 0. The lowest BCUT2D eigenvalue weighted by Gasteiger charge is -2.06. The van der Waals surface area contributed by atoms with Gasteiger partial charge in [-0.05, 0) is 27.7 Å². The molecule has 0 rings (SSSR count). The molecule has 3 nitrogen and oxygen atoms in total. The Labute approximate surface area is 62.9 Å². The van der Waals surface area contributed by atoms with Crippen LogP contribution in [0.2, 0.25) is 0 Å². The largest absolute Gasteiger partial charge is 0.297 e. The summed E-state index contributed by atoms with van der Waals surface area (Å²) < 4.78 is 0. The molecule has 0 heterocycles. The molecule has 0 aromatic rings. The van der Waals surface area contributed by atoms with Crippen LogP contribution in [0.4, 0.5) is 0 Å². The van der Waals surface area contributed by atoms with Gasteiger partial charge in [-0.2, -0.15) is 5.10 Å². The molecule has 2 N–H and O–H groups in total. The smallest absolute Gasteiger partial charge is 0.0825 e. The SMILES string of the molecule is CC(C)=NNCNC(C)C. The Bertz CT molecular complexity index is 103. The first-order chi connectivity index (χ1) is 4.63. The molecule has 0 saturated heterocycles.